The van der Waals surface area contributed by atoms with Crippen molar-refractivity contribution in [1.29, 1.82) is 0 Å². The lowest BCUT2D eigenvalue weighted by atomic mass is 9.81. The van der Waals surface area contributed by atoms with Crippen LogP contribution in [0.1, 0.15) is 65.3 Å². The standard InChI is InChI=1S/C63H49N5/c1-5-19-42(20-6-1)43-33-35-47(36-34-43)62-64-61(46-25-11-4-12-26-46)65-63(66-62)68-57-32-18-16-30-52(57)54-39-38-53-51-29-15-17-31-56(51)67(59(53)60(54)68)58-40-37-48(41-55(58)45-23-9-3-10-24-45)50-28-14-13-27-49(50)44-21-7-2-8-22-44/h1-2,4-9,11-26,28-41,49,61-62,64H,3,10,27H2,(H,65,66). The molecule has 0 fully saturated rings. The van der Waals surface area contributed by atoms with Crippen LogP contribution in [0.3, 0.4) is 0 Å². The van der Waals surface area contributed by atoms with Crippen LogP contribution in [-0.4, -0.2) is 15.1 Å². The molecule has 0 bridgehead atoms. The van der Waals surface area contributed by atoms with Gasteiger partial charge in [0.15, 0.2) is 0 Å². The van der Waals surface area contributed by atoms with Crippen LogP contribution < -0.4 is 10.6 Å². The lowest BCUT2D eigenvalue weighted by molar-refractivity contribution is 0.403. The van der Waals surface area contributed by atoms with E-state index in [0.29, 0.717) is 0 Å². The zero-order chi connectivity index (χ0) is 45.0. The van der Waals surface area contributed by atoms with Crippen molar-refractivity contribution in [2.24, 2.45) is 4.99 Å². The topological polar surface area (TPSA) is 46.3 Å². The summed E-state index contributed by atoms with van der Waals surface area (Å²) in [6.07, 6.45) is 16.5. The molecule has 2 aliphatic carbocycles. The van der Waals surface area contributed by atoms with Crippen LogP contribution in [0.25, 0.3) is 71.6 Å². The van der Waals surface area contributed by atoms with Crippen molar-refractivity contribution in [1.82, 2.24) is 19.8 Å². The van der Waals surface area contributed by atoms with Gasteiger partial charge in [-0.3, -0.25) is 9.88 Å². The zero-order valence-electron chi connectivity index (χ0n) is 37.6. The fraction of sp³-hybridized carbons (Fsp3) is 0.0952. The predicted octanol–water partition coefficient (Wildman–Crippen LogP) is 15.2. The Labute approximate surface area is 396 Å². The highest BCUT2D eigenvalue weighted by Crippen LogP contribution is 2.45. The van der Waals surface area contributed by atoms with Crippen molar-refractivity contribution in [2.75, 3.05) is 0 Å². The highest BCUT2D eigenvalue weighted by atomic mass is 15.4. The fourth-order valence-electron chi connectivity index (χ4n) is 11.0. The molecule has 326 valence electrons. The number of para-hydroxylation sites is 2. The first-order chi connectivity index (χ1) is 33.7. The zero-order valence-corrected chi connectivity index (χ0v) is 37.6. The molecule has 1 aliphatic heterocycles. The second-order valence-corrected chi connectivity index (χ2v) is 18.2. The molecule has 5 heteroatoms. The van der Waals surface area contributed by atoms with Crippen molar-refractivity contribution >= 4 is 60.7 Å². The maximum atomic E-state index is 5.64. The van der Waals surface area contributed by atoms with Gasteiger partial charge in [-0.25, -0.2) is 4.99 Å². The molecule has 5 nitrogen and oxygen atoms in total. The molecule has 0 amide bonds. The van der Waals surface area contributed by atoms with Crippen LogP contribution in [0, 0.1) is 0 Å². The SMILES string of the molecule is C1=CCC(c2ccccc2)C(c2ccc(-n3c4ccccc4c4ccc5c6ccccc6n(C6=NC(c7ccc(-c8ccccc8)cc7)NC(c7ccccc7)N6)c5c43)c(C3=CCCC=C3)c2)=C1. The average Bonchev–Trinajstić information content (AvgIpc) is 3.95. The Morgan fingerprint density at radius 2 is 1.12 bits per heavy atom. The van der Waals surface area contributed by atoms with Gasteiger partial charge in [0, 0.05) is 33.0 Å². The van der Waals surface area contributed by atoms with E-state index in [-0.39, 0.29) is 18.2 Å². The van der Waals surface area contributed by atoms with Gasteiger partial charge in [-0.1, -0.05) is 206 Å². The molecule has 0 spiro atoms. The number of aliphatic imine (C=N–C) groups is 1. The van der Waals surface area contributed by atoms with Crippen LogP contribution in [0.2, 0.25) is 0 Å². The van der Waals surface area contributed by atoms with Gasteiger partial charge in [0.2, 0.25) is 5.96 Å². The van der Waals surface area contributed by atoms with Crippen LogP contribution in [0.5, 0.6) is 0 Å². The minimum atomic E-state index is -0.324. The first kappa shape index (κ1) is 40.1. The Kier molecular flexibility index (Phi) is 9.94. The van der Waals surface area contributed by atoms with Crippen LogP contribution >= 0.6 is 0 Å². The first-order valence-corrected chi connectivity index (χ1v) is 24.0. The molecule has 13 rings (SSSR count). The summed E-state index contributed by atoms with van der Waals surface area (Å²) in [5, 5.41) is 12.6. The summed E-state index contributed by atoms with van der Waals surface area (Å²) in [5.41, 5.74) is 16.7. The number of fused-ring (bicyclic) bond motifs is 7. The third-order valence-corrected chi connectivity index (χ3v) is 14.2. The minimum absolute atomic E-state index is 0.211. The van der Waals surface area contributed by atoms with E-state index in [9.17, 15) is 0 Å². The maximum Gasteiger partial charge on any atom is 0.206 e. The van der Waals surface area contributed by atoms with E-state index in [0.717, 1.165) is 58.6 Å². The van der Waals surface area contributed by atoms with Gasteiger partial charge in [0.1, 0.15) is 12.3 Å². The molecule has 3 aliphatic rings. The summed E-state index contributed by atoms with van der Waals surface area (Å²) < 4.78 is 4.95. The number of aromatic nitrogens is 2. The molecule has 2 N–H and O–H groups in total. The third-order valence-electron chi connectivity index (χ3n) is 14.2. The highest BCUT2D eigenvalue weighted by molar-refractivity contribution is 6.26. The van der Waals surface area contributed by atoms with Crippen molar-refractivity contribution in [3.63, 3.8) is 0 Å². The molecule has 0 saturated heterocycles. The van der Waals surface area contributed by atoms with Gasteiger partial charge < -0.3 is 9.88 Å². The Balaban J connectivity index is 1.06. The quantitative estimate of drug-likeness (QED) is 0.168. The number of benzene rings is 8. The van der Waals surface area contributed by atoms with Gasteiger partial charge in [0.25, 0.3) is 0 Å². The molecule has 2 aromatic heterocycles. The van der Waals surface area contributed by atoms with Crippen molar-refractivity contribution < 1.29 is 0 Å². The molecule has 0 radical (unpaired) electrons. The number of hydrogen-bond donors (Lipinski definition) is 2. The molecule has 3 atom stereocenters. The van der Waals surface area contributed by atoms with E-state index in [2.05, 4.69) is 250 Å². The molecule has 8 aromatic carbocycles. The van der Waals surface area contributed by atoms with E-state index in [1.54, 1.807) is 0 Å². The Morgan fingerprint density at radius 1 is 0.500 bits per heavy atom. The maximum absolute atomic E-state index is 5.64. The Morgan fingerprint density at radius 3 is 1.82 bits per heavy atom. The normalized spacial score (nSPS) is 18.2. The number of hydrogen-bond acceptors (Lipinski definition) is 3. The number of rotatable bonds is 7. The monoisotopic (exact) mass is 875 g/mol. The lowest BCUT2D eigenvalue weighted by Gasteiger charge is -2.32. The average molecular weight is 876 g/mol. The smallest absolute Gasteiger partial charge is 0.206 e. The lowest BCUT2D eigenvalue weighted by Crippen LogP contribution is -2.47. The molecule has 0 saturated carbocycles. The van der Waals surface area contributed by atoms with Gasteiger partial charge in [-0.05, 0) is 88.1 Å². The second-order valence-electron chi connectivity index (χ2n) is 18.2. The summed E-state index contributed by atoms with van der Waals surface area (Å²) >= 11 is 0. The predicted molar refractivity (Wildman–Crippen MR) is 284 cm³/mol. The van der Waals surface area contributed by atoms with Crippen molar-refractivity contribution in [3.05, 3.63) is 258 Å². The first-order valence-electron chi connectivity index (χ1n) is 24.0. The minimum Gasteiger partial charge on any atom is -0.336 e. The molecular formula is C63H49N5. The Hall–Kier alpha value is -8.25. The summed E-state index contributed by atoms with van der Waals surface area (Å²) in [4.78, 5) is 5.64. The van der Waals surface area contributed by atoms with E-state index in [1.807, 2.05) is 0 Å². The number of nitrogens with zero attached hydrogens (tertiary/aromatic N) is 3. The molecule has 3 heterocycles. The van der Waals surface area contributed by atoms with Crippen molar-refractivity contribution in [3.8, 4) is 16.8 Å². The third kappa shape index (κ3) is 6.85. The largest absolute Gasteiger partial charge is 0.336 e. The van der Waals surface area contributed by atoms with E-state index >= 15 is 0 Å². The van der Waals surface area contributed by atoms with Gasteiger partial charge in [-0.15, -0.1) is 0 Å². The van der Waals surface area contributed by atoms with Crippen LogP contribution in [-0.2, 0) is 0 Å². The molecule has 68 heavy (non-hydrogen) atoms. The van der Waals surface area contributed by atoms with Gasteiger partial charge in [0.05, 0.1) is 27.8 Å². The van der Waals surface area contributed by atoms with Gasteiger partial charge in [-0.2, -0.15) is 0 Å². The van der Waals surface area contributed by atoms with Gasteiger partial charge >= 0.3 is 0 Å². The molecule has 10 aromatic rings. The summed E-state index contributed by atoms with van der Waals surface area (Å²) in [6, 6.07) is 70.7. The number of allylic oxidation sites excluding steroid dienone is 8. The summed E-state index contributed by atoms with van der Waals surface area (Å²) in [5.74, 6) is 1.07. The molecule has 3 unspecified atom stereocenters. The second kappa shape index (κ2) is 16.9. The highest BCUT2D eigenvalue weighted by Gasteiger charge is 2.30. The van der Waals surface area contributed by atoms with Crippen LogP contribution in [0.15, 0.2) is 236 Å². The Bertz CT molecular complexity index is 3700. The van der Waals surface area contributed by atoms with Crippen LogP contribution in [0.4, 0.5) is 0 Å². The van der Waals surface area contributed by atoms with Crippen molar-refractivity contribution in [2.45, 2.75) is 37.5 Å². The molecular weight excluding hydrogens is 827 g/mol. The fourth-order valence-corrected chi connectivity index (χ4v) is 11.0. The summed E-state index contributed by atoms with van der Waals surface area (Å²) in [6.45, 7) is 0. The van der Waals surface area contributed by atoms with E-state index in [4.69, 9.17) is 4.99 Å². The van der Waals surface area contributed by atoms with E-state index in [1.165, 1.54) is 66.0 Å². The summed E-state index contributed by atoms with van der Waals surface area (Å²) in [7, 11) is 0. The number of nitrogens with one attached hydrogen (secondary N) is 2. The van der Waals surface area contributed by atoms with E-state index < -0.39 is 0 Å².